The van der Waals surface area contributed by atoms with Crippen molar-refractivity contribution in [2.45, 2.75) is 32.9 Å². The van der Waals surface area contributed by atoms with Crippen LogP contribution in [0.5, 0.6) is 0 Å². The number of rotatable bonds is 5. The Bertz CT molecular complexity index is 650. The van der Waals surface area contributed by atoms with Gasteiger partial charge in [0.2, 0.25) is 0 Å². The maximum Gasteiger partial charge on any atom is 0.322 e. The number of aliphatic hydroxyl groups is 1. The molecule has 124 valence electrons. The second kappa shape index (κ2) is 7.28. The van der Waals surface area contributed by atoms with Gasteiger partial charge in [0.05, 0.1) is 11.8 Å². The highest BCUT2D eigenvalue weighted by atomic mass is 16.3. The molecule has 2 N–H and O–H groups in total. The molecular formula is C17H24N4O2. The Hall–Kier alpha value is -2.34. The third-order valence-electron chi connectivity index (χ3n) is 3.46. The highest BCUT2D eigenvalue weighted by Crippen LogP contribution is 2.26. The fraction of sp³-hybridized carbons (Fsp3) is 0.412. The van der Waals surface area contributed by atoms with Crippen molar-refractivity contribution in [3.63, 3.8) is 0 Å². The first-order valence-electron chi connectivity index (χ1n) is 7.73. The Balaban J connectivity index is 2.24. The van der Waals surface area contributed by atoms with Crippen LogP contribution in [0.3, 0.4) is 0 Å². The van der Waals surface area contributed by atoms with E-state index >= 15 is 0 Å². The largest absolute Gasteiger partial charge is 0.392 e. The number of aliphatic hydroxyl groups excluding tert-OH is 1. The number of hydrogen-bond donors (Lipinski definition) is 2. The zero-order valence-electron chi connectivity index (χ0n) is 14.0. The van der Waals surface area contributed by atoms with E-state index in [9.17, 15) is 9.90 Å². The van der Waals surface area contributed by atoms with Gasteiger partial charge in [-0.3, -0.25) is 4.68 Å². The fourth-order valence-electron chi connectivity index (χ4n) is 2.39. The molecule has 0 saturated carbocycles. The van der Waals surface area contributed by atoms with Crippen molar-refractivity contribution < 1.29 is 9.90 Å². The topological polar surface area (TPSA) is 70.4 Å². The number of nitrogens with zero attached hydrogens (tertiary/aromatic N) is 3. The molecule has 1 aromatic heterocycles. The molecule has 1 heterocycles. The van der Waals surface area contributed by atoms with Gasteiger partial charge < -0.3 is 15.3 Å². The Kier molecular flexibility index (Phi) is 5.39. The molecule has 1 atom stereocenters. The molecule has 0 aliphatic rings. The van der Waals surface area contributed by atoms with Crippen molar-refractivity contribution in [2.24, 2.45) is 7.05 Å². The highest BCUT2D eigenvalue weighted by Gasteiger charge is 2.21. The normalized spacial score (nSPS) is 12.3. The van der Waals surface area contributed by atoms with E-state index in [1.807, 2.05) is 51.2 Å². The van der Waals surface area contributed by atoms with Gasteiger partial charge in [-0.15, -0.1) is 0 Å². The Morgan fingerprint density at radius 1 is 1.30 bits per heavy atom. The SMILES string of the molecule is CC(O)CN(C(=O)Nc1cn(C)nc1-c1ccccc1)C(C)C. The lowest BCUT2D eigenvalue weighted by Gasteiger charge is -2.28. The van der Waals surface area contributed by atoms with Crippen molar-refractivity contribution in [1.82, 2.24) is 14.7 Å². The van der Waals surface area contributed by atoms with Crippen LogP contribution >= 0.6 is 0 Å². The van der Waals surface area contributed by atoms with Crippen molar-refractivity contribution >= 4 is 11.7 Å². The standard InChI is InChI=1S/C17H24N4O2/c1-12(2)21(10-13(3)22)17(23)18-15-11-20(4)19-16(15)14-8-6-5-7-9-14/h5-9,11-13,22H,10H2,1-4H3,(H,18,23). The van der Waals surface area contributed by atoms with Crippen LogP contribution in [0.25, 0.3) is 11.3 Å². The molecule has 6 heteroatoms. The van der Waals surface area contributed by atoms with Crippen molar-refractivity contribution in [3.05, 3.63) is 36.5 Å². The minimum atomic E-state index is -0.578. The third kappa shape index (κ3) is 4.32. The molecule has 0 fully saturated rings. The van der Waals surface area contributed by atoms with Gasteiger partial charge in [0.15, 0.2) is 0 Å². The number of carbonyl (C=O) groups is 1. The van der Waals surface area contributed by atoms with Gasteiger partial charge >= 0.3 is 6.03 Å². The smallest absolute Gasteiger partial charge is 0.322 e. The molecule has 1 aromatic carbocycles. The van der Waals surface area contributed by atoms with Gasteiger partial charge in [-0.2, -0.15) is 5.10 Å². The van der Waals surface area contributed by atoms with Gasteiger partial charge in [0.1, 0.15) is 5.69 Å². The predicted molar refractivity (Wildman–Crippen MR) is 91.2 cm³/mol. The summed E-state index contributed by atoms with van der Waals surface area (Å²) in [7, 11) is 1.82. The lowest BCUT2D eigenvalue weighted by atomic mass is 10.1. The molecule has 6 nitrogen and oxygen atoms in total. The average molecular weight is 316 g/mol. The summed E-state index contributed by atoms with van der Waals surface area (Å²) in [6.07, 6.45) is 1.20. The van der Waals surface area contributed by atoms with Gasteiger partial charge in [-0.25, -0.2) is 4.79 Å². The summed E-state index contributed by atoms with van der Waals surface area (Å²) < 4.78 is 1.67. The number of aromatic nitrogens is 2. The second-order valence-electron chi connectivity index (χ2n) is 5.96. The van der Waals surface area contributed by atoms with Crippen LogP contribution in [0.4, 0.5) is 10.5 Å². The van der Waals surface area contributed by atoms with Crippen LogP contribution in [0.2, 0.25) is 0 Å². The highest BCUT2D eigenvalue weighted by molar-refractivity contribution is 5.93. The average Bonchev–Trinajstić information content (AvgIpc) is 2.85. The van der Waals surface area contributed by atoms with Gasteiger partial charge in [0, 0.05) is 31.4 Å². The Labute approximate surface area is 136 Å². The molecule has 0 radical (unpaired) electrons. The maximum atomic E-state index is 12.5. The summed E-state index contributed by atoms with van der Waals surface area (Å²) in [6.45, 7) is 5.79. The van der Waals surface area contributed by atoms with E-state index in [-0.39, 0.29) is 18.6 Å². The Morgan fingerprint density at radius 2 is 1.96 bits per heavy atom. The number of hydrogen-bond acceptors (Lipinski definition) is 3. The van der Waals surface area contributed by atoms with Crippen LogP contribution in [0, 0.1) is 0 Å². The van der Waals surface area contributed by atoms with Gasteiger partial charge in [0.25, 0.3) is 0 Å². The summed E-state index contributed by atoms with van der Waals surface area (Å²) in [5, 5.41) is 16.9. The molecule has 2 amide bonds. The quantitative estimate of drug-likeness (QED) is 0.891. The van der Waals surface area contributed by atoms with E-state index in [0.29, 0.717) is 5.69 Å². The van der Waals surface area contributed by atoms with E-state index in [0.717, 1.165) is 11.3 Å². The van der Waals surface area contributed by atoms with Crippen LogP contribution in [0.15, 0.2) is 36.5 Å². The molecule has 1 unspecified atom stereocenters. The lowest BCUT2D eigenvalue weighted by Crippen LogP contribution is -2.43. The van der Waals surface area contributed by atoms with Crippen LogP contribution in [-0.2, 0) is 7.05 Å². The number of anilines is 1. The number of aryl methyl sites for hydroxylation is 1. The van der Waals surface area contributed by atoms with Gasteiger partial charge in [-0.1, -0.05) is 30.3 Å². The minimum Gasteiger partial charge on any atom is -0.392 e. The monoisotopic (exact) mass is 316 g/mol. The van der Waals surface area contributed by atoms with E-state index in [1.165, 1.54) is 0 Å². The zero-order valence-corrected chi connectivity index (χ0v) is 14.0. The van der Waals surface area contributed by atoms with Crippen LogP contribution < -0.4 is 5.32 Å². The number of nitrogens with one attached hydrogen (secondary N) is 1. The minimum absolute atomic E-state index is 0.0125. The van der Waals surface area contributed by atoms with Crippen molar-refractivity contribution in [1.29, 1.82) is 0 Å². The van der Waals surface area contributed by atoms with Crippen molar-refractivity contribution in [2.75, 3.05) is 11.9 Å². The molecule has 0 bridgehead atoms. The molecule has 0 spiro atoms. The predicted octanol–water partition coefficient (Wildman–Crippen LogP) is 2.71. The second-order valence-corrected chi connectivity index (χ2v) is 5.96. The number of amides is 2. The van der Waals surface area contributed by atoms with E-state index in [4.69, 9.17) is 0 Å². The Morgan fingerprint density at radius 3 is 2.52 bits per heavy atom. The first kappa shape index (κ1) is 17.0. The fourth-order valence-corrected chi connectivity index (χ4v) is 2.39. The summed E-state index contributed by atoms with van der Waals surface area (Å²) in [4.78, 5) is 14.2. The molecule has 0 aliphatic heterocycles. The molecule has 2 aromatic rings. The summed E-state index contributed by atoms with van der Waals surface area (Å²) in [6, 6.07) is 9.45. The number of carbonyl (C=O) groups excluding carboxylic acids is 1. The summed E-state index contributed by atoms with van der Waals surface area (Å²) >= 11 is 0. The molecular weight excluding hydrogens is 292 g/mol. The number of urea groups is 1. The van der Waals surface area contributed by atoms with E-state index in [2.05, 4.69) is 10.4 Å². The van der Waals surface area contributed by atoms with E-state index in [1.54, 1.807) is 22.7 Å². The van der Waals surface area contributed by atoms with Crippen LogP contribution in [0.1, 0.15) is 20.8 Å². The molecule has 0 aliphatic carbocycles. The third-order valence-corrected chi connectivity index (χ3v) is 3.46. The maximum absolute atomic E-state index is 12.5. The summed E-state index contributed by atoms with van der Waals surface area (Å²) in [5.41, 5.74) is 2.32. The number of benzene rings is 1. The van der Waals surface area contributed by atoms with Crippen molar-refractivity contribution in [3.8, 4) is 11.3 Å². The summed E-state index contributed by atoms with van der Waals surface area (Å²) in [5.74, 6) is 0. The van der Waals surface area contributed by atoms with Gasteiger partial charge in [-0.05, 0) is 20.8 Å². The van der Waals surface area contributed by atoms with Crippen LogP contribution in [-0.4, -0.2) is 44.5 Å². The molecule has 0 saturated heterocycles. The van der Waals surface area contributed by atoms with E-state index < -0.39 is 6.10 Å². The lowest BCUT2D eigenvalue weighted by molar-refractivity contribution is 0.125. The molecule has 2 rings (SSSR count). The zero-order chi connectivity index (χ0) is 17.0. The first-order chi connectivity index (χ1) is 10.9. The molecule has 23 heavy (non-hydrogen) atoms. The first-order valence-corrected chi connectivity index (χ1v) is 7.73.